The quantitative estimate of drug-likeness (QED) is 0.300. The van der Waals surface area contributed by atoms with Gasteiger partial charge in [-0.15, -0.1) is 0 Å². The predicted molar refractivity (Wildman–Crippen MR) is 30.5 cm³/mol. The van der Waals surface area contributed by atoms with E-state index in [4.69, 9.17) is 5.21 Å². The van der Waals surface area contributed by atoms with E-state index >= 15 is 0 Å². The van der Waals surface area contributed by atoms with Crippen LogP contribution in [-0.4, -0.2) is 23.0 Å². The first kappa shape index (κ1) is 6.53. The normalized spacial score (nSPS) is 22.2. The zero-order chi connectivity index (χ0) is 7.56. The summed E-state index contributed by atoms with van der Waals surface area (Å²) >= 11 is 0. The number of oxime groups is 1. The maximum atomic E-state index is 10.5. The molecule has 3 amide bonds. The Morgan fingerprint density at radius 1 is 1.40 bits per heavy atom. The Bertz CT molecular complexity index is 192. The molecule has 0 unspecified atom stereocenters. The van der Waals surface area contributed by atoms with E-state index in [2.05, 4.69) is 10.5 Å². The number of nitrogens with zero attached hydrogens (tertiary/aromatic N) is 1. The van der Waals surface area contributed by atoms with Gasteiger partial charge in [0.05, 0.1) is 6.42 Å². The fourth-order valence-corrected chi connectivity index (χ4v) is 0.590. The Morgan fingerprint density at radius 3 is 2.60 bits per heavy atom. The van der Waals surface area contributed by atoms with E-state index in [1.165, 1.54) is 0 Å². The van der Waals surface area contributed by atoms with Crippen LogP contribution >= 0.6 is 0 Å². The molecule has 1 aliphatic rings. The monoisotopic (exact) mass is 143 g/mol. The van der Waals surface area contributed by atoms with Gasteiger partial charge in [-0.2, -0.15) is 0 Å². The number of carbonyl (C=O) groups excluding carboxylic acids is 2. The molecular formula is C4H5N3O3. The van der Waals surface area contributed by atoms with E-state index in [1.807, 2.05) is 5.32 Å². The van der Waals surface area contributed by atoms with Gasteiger partial charge in [-0.25, -0.2) is 4.79 Å². The first-order chi connectivity index (χ1) is 4.72. The molecule has 0 bridgehead atoms. The number of amides is 3. The Labute approximate surface area is 55.9 Å². The summed E-state index contributed by atoms with van der Waals surface area (Å²) < 4.78 is 0. The van der Waals surface area contributed by atoms with Gasteiger partial charge >= 0.3 is 6.03 Å². The van der Waals surface area contributed by atoms with Crippen LogP contribution in [0.15, 0.2) is 5.16 Å². The highest BCUT2D eigenvalue weighted by Gasteiger charge is 2.19. The Balaban J connectivity index is 2.68. The zero-order valence-corrected chi connectivity index (χ0v) is 4.92. The van der Waals surface area contributed by atoms with Crippen molar-refractivity contribution in [3.63, 3.8) is 0 Å². The van der Waals surface area contributed by atoms with Crippen molar-refractivity contribution in [2.24, 2.45) is 5.16 Å². The average molecular weight is 143 g/mol. The SMILES string of the molecule is O=C1CC(=NO)NC(=O)N1. The van der Waals surface area contributed by atoms with E-state index in [0.29, 0.717) is 0 Å². The Hall–Kier alpha value is -1.59. The van der Waals surface area contributed by atoms with E-state index in [1.54, 1.807) is 0 Å². The van der Waals surface area contributed by atoms with Crippen LogP contribution in [0.1, 0.15) is 6.42 Å². The molecule has 1 rings (SSSR count). The Morgan fingerprint density at radius 2 is 2.10 bits per heavy atom. The Kier molecular flexibility index (Phi) is 1.53. The van der Waals surface area contributed by atoms with Crippen molar-refractivity contribution in [2.45, 2.75) is 6.42 Å². The summed E-state index contributed by atoms with van der Waals surface area (Å²) in [7, 11) is 0. The third-order valence-electron chi connectivity index (χ3n) is 0.959. The van der Waals surface area contributed by atoms with Gasteiger partial charge in [-0.3, -0.25) is 15.4 Å². The summed E-state index contributed by atoms with van der Waals surface area (Å²) in [5.41, 5.74) is 0. The molecular weight excluding hydrogens is 138 g/mol. The van der Waals surface area contributed by atoms with Crippen LogP contribution in [0.4, 0.5) is 4.79 Å². The lowest BCUT2D eigenvalue weighted by atomic mass is 10.3. The second kappa shape index (κ2) is 2.34. The lowest BCUT2D eigenvalue weighted by Crippen LogP contribution is -2.49. The molecule has 0 aromatic heterocycles. The first-order valence-electron chi connectivity index (χ1n) is 2.54. The van der Waals surface area contributed by atoms with Gasteiger partial charge in [0.15, 0.2) is 5.84 Å². The van der Waals surface area contributed by atoms with Crippen molar-refractivity contribution < 1.29 is 14.8 Å². The maximum absolute atomic E-state index is 10.5. The lowest BCUT2D eigenvalue weighted by Gasteiger charge is -2.12. The summed E-state index contributed by atoms with van der Waals surface area (Å²) in [5, 5.41) is 14.9. The number of imide groups is 1. The molecule has 1 fully saturated rings. The van der Waals surface area contributed by atoms with Crippen LogP contribution in [0, 0.1) is 0 Å². The summed E-state index contributed by atoms with van der Waals surface area (Å²) in [6.45, 7) is 0. The minimum Gasteiger partial charge on any atom is -0.409 e. The van der Waals surface area contributed by atoms with Gasteiger partial charge in [-0.1, -0.05) is 5.16 Å². The molecule has 0 aromatic rings. The van der Waals surface area contributed by atoms with Gasteiger partial charge in [0.2, 0.25) is 5.91 Å². The molecule has 0 atom stereocenters. The van der Waals surface area contributed by atoms with Gasteiger partial charge in [0.1, 0.15) is 0 Å². The number of carbonyl (C=O) groups is 2. The standard InChI is InChI=1S/C4H5N3O3/c8-3-1-2(7-10)5-4(9)6-3/h10H,1H2,(H2,5,6,7,8,9). The smallest absolute Gasteiger partial charge is 0.326 e. The zero-order valence-electron chi connectivity index (χ0n) is 4.92. The highest BCUT2D eigenvalue weighted by Crippen LogP contribution is 1.89. The van der Waals surface area contributed by atoms with Crippen LogP contribution < -0.4 is 10.6 Å². The number of hydrogen-bond acceptors (Lipinski definition) is 4. The molecule has 1 saturated heterocycles. The highest BCUT2D eigenvalue weighted by atomic mass is 16.4. The average Bonchev–Trinajstić information content (AvgIpc) is 1.85. The number of amidine groups is 1. The van der Waals surface area contributed by atoms with E-state index in [-0.39, 0.29) is 12.3 Å². The molecule has 6 heteroatoms. The molecule has 0 aromatic carbocycles. The molecule has 0 aliphatic carbocycles. The number of nitrogens with one attached hydrogen (secondary N) is 2. The summed E-state index contributed by atoms with van der Waals surface area (Å²) in [5.74, 6) is -0.509. The molecule has 1 aliphatic heterocycles. The minimum atomic E-state index is -0.663. The van der Waals surface area contributed by atoms with Crippen molar-refractivity contribution >= 4 is 17.8 Å². The summed E-state index contributed by atoms with van der Waals surface area (Å²) in [4.78, 5) is 20.9. The van der Waals surface area contributed by atoms with Crippen molar-refractivity contribution in [2.75, 3.05) is 0 Å². The van der Waals surface area contributed by atoms with Crippen LogP contribution in [-0.2, 0) is 4.79 Å². The van der Waals surface area contributed by atoms with Crippen LogP contribution in [0.25, 0.3) is 0 Å². The van der Waals surface area contributed by atoms with Crippen molar-refractivity contribution in [3.05, 3.63) is 0 Å². The van der Waals surface area contributed by atoms with Crippen molar-refractivity contribution in [1.82, 2.24) is 10.6 Å². The molecule has 54 valence electrons. The highest BCUT2D eigenvalue weighted by molar-refractivity contribution is 6.15. The molecule has 3 N–H and O–H groups in total. The number of urea groups is 1. The second-order valence-corrected chi connectivity index (χ2v) is 1.73. The van der Waals surface area contributed by atoms with Crippen molar-refractivity contribution in [3.8, 4) is 0 Å². The third kappa shape index (κ3) is 1.22. The van der Waals surface area contributed by atoms with Crippen LogP contribution in [0.3, 0.4) is 0 Å². The first-order valence-corrected chi connectivity index (χ1v) is 2.54. The largest absolute Gasteiger partial charge is 0.409 e. The van der Waals surface area contributed by atoms with E-state index < -0.39 is 11.9 Å². The predicted octanol–water partition coefficient (Wildman–Crippen LogP) is -0.996. The van der Waals surface area contributed by atoms with Gasteiger partial charge in [-0.05, 0) is 0 Å². The molecule has 10 heavy (non-hydrogen) atoms. The summed E-state index contributed by atoms with van der Waals surface area (Å²) in [6, 6.07) is -0.663. The third-order valence-corrected chi connectivity index (χ3v) is 0.959. The van der Waals surface area contributed by atoms with Crippen LogP contribution in [0.5, 0.6) is 0 Å². The molecule has 1 heterocycles. The number of hydrogen-bond donors (Lipinski definition) is 3. The fourth-order valence-electron chi connectivity index (χ4n) is 0.590. The minimum absolute atomic E-state index is 0.0336. The molecule has 0 spiro atoms. The molecule has 0 radical (unpaired) electrons. The van der Waals surface area contributed by atoms with Gasteiger partial charge in [0.25, 0.3) is 0 Å². The van der Waals surface area contributed by atoms with E-state index in [9.17, 15) is 9.59 Å². The summed E-state index contributed by atoms with van der Waals surface area (Å²) in [6.07, 6.45) is -0.0950. The molecule has 0 saturated carbocycles. The second-order valence-electron chi connectivity index (χ2n) is 1.73. The molecule has 6 nitrogen and oxygen atoms in total. The topological polar surface area (TPSA) is 90.8 Å². The lowest BCUT2D eigenvalue weighted by molar-refractivity contribution is -0.119. The number of rotatable bonds is 0. The van der Waals surface area contributed by atoms with E-state index in [0.717, 1.165) is 0 Å². The fraction of sp³-hybridized carbons (Fsp3) is 0.250. The van der Waals surface area contributed by atoms with Crippen LogP contribution in [0.2, 0.25) is 0 Å². The maximum Gasteiger partial charge on any atom is 0.326 e. The van der Waals surface area contributed by atoms with Gasteiger partial charge < -0.3 is 5.21 Å². The van der Waals surface area contributed by atoms with Gasteiger partial charge in [0, 0.05) is 0 Å². The van der Waals surface area contributed by atoms with Crippen molar-refractivity contribution in [1.29, 1.82) is 0 Å².